The summed E-state index contributed by atoms with van der Waals surface area (Å²) in [7, 11) is 1.69. The molecule has 5 heteroatoms. The molecule has 0 bridgehead atoms. The molecule has 0 atom stereocenters. The maximum Gasteiger partial charge on any atom is 0.259 e. The normalized spacial score (nSPS) is 10.1. The lowest BCUT2D eigenvalue weighted by molar-refractivity contribution is 0.0993. The summed E-state index contributed by atoms with van der Waals surface area (Å²) >= 11 is 3.33. The second-order valence-corrected chi connectivity index (χ2v) is 4.72. The molecule has 92 valence electrons. The highest BCUT2D eigenvalue weighted by atomic mass is 79.9. The van der Waals surface area contributed by atoms with Crippen LogP contribution in [-0.2, 0) is 0 Å². The molecule has 0 aliphatic carbocycles. The van der Waals surface area contributed by atoms with E-state index in [4.69, 9.17) is 5.73 Å². The Labute approximate surface area is 114 Å². The third-order valence-electron chi connectivity index (χ3n) is 2.56. The van der Waals surface area contributed by atoms with Crippen LogP contribution in [0.5, 0.6) is 0 Å². The fourth-order valence-corrected chi connectivity index (χ4v) is 2.00. The van der Waals surface area contributed by atoms with Crippen molar-refractivity contribution >= 4 is 33.2 Å². The Bertz CT molecular complexity index is 572. The van der Waals surface area contributed by atoms with E-state index in [1.807, 2.05) is 6.07 Å². The van der Waals surface area contributed by atoms with Crippen molar-refractivity contribution in [1.29, 1.82) is 0 Å². The molecule has 0 saturated carbocycles. The average Bonchev–Trinajstić information content (AvgIpc) is 2.38. The lowest BCUT2D eigenvalue weighted by Crippen LogP contribution is -2.27. The van der Waals surface area contributed by atoms with E-state index in [0.29, 0.717) is 16.9 Å². The molecule has 1 aromatic carbocycles. The van der Waals surface area contributed by atoms with Gasteiger partial charge in [-0.1, -0.05) is 15.9 Å². The zero-order chi connectivity index (χ0) is 13.1. The van der Waals surface area contributed by atoms with Gasteiger partial charge in [0.1, 0.15) is 0 Å². The van der Waals surface area contributed by atoms with Gasteiger partial charge in [-0.2, -0.15) is 0 Å². The number of carbonyl (C=O) groups is 1. The minimum atomic E-state index is -0.142. The molecule has 2 aromatic rings. The van der Waals surface area contributed by atoms with Crippen LogP contribution in [0.25, 0.3) is 0 Å². The highest BCUT2D eigenvalue weighted by Crippen LogP contribution is 2.26. The highest BCUT2D eigenvalue weighted by Gasteiger charge is 2.15. The van der Waals surface area contributed by atoms with Crippen molar-refractivity contribution in [3.05, 3.63) is 52.8 Å². The highest BCUT2D eigenvalue weighted by molar-refractivity contribution is 9.10. The molecule has 1 heterocycles. The summed E-state index contributed by atoms with van der Waals surface area (Å²) in [6.07, 6.45) is 3.17. The summed E-state index contributed by atoms with van der Waals surface area (Å²) < 4.78 is 0.881. The predicted molar refractivity (Wildman–Crippen MR) is 75.5 cm³/mol. The molecule has 0 aliphatic rings. The van der Waals surface area contributed by atoms with Crippen molar-refractivity contribution in [3.63, 3.8) is 0 Å². The SMILES string of the molecule is CN(C(=O)c1cccnc1)c1ccc(Br)cc1N. The van der Waals surface area contributed by atoms with Crippen LogP contribution in [0.1, 0.15) is 10.4 Å². The van der Waals surface area contributed by atoms with Gasteiger partial charge in [0.15, 0.2) is 0 Å². The number of amides is 1. The lowest BCUT2D eigenvalue weighted by Gasteiger charge is -2.19. The number of nitrogens with two attached hydrogens (primary N) is 1. The van der Waals surface area contributed by atoms with Gasteiger partial charge in [0.05, 0.1) is 16.9 Å². The Morgan fingerprint density at radius 1 is 1.39 bits per heavy atom. The maximum atomic E-state index is 12.2. The maximum absolute atomic E-state index is 12.2. The number of hydrogen-bond donors (Lipinski definition) is 1. The van der Waals surface area contributed by atoms with Crippen LogP contribution in [0.3, 0.4) is 0 Å². The molecule has 1 aromatic heterocycles. The molecule has 2 rings (SSSR count). The smallest absolute Gasteiger partial charge is 0.259 e. The van der Waals surface area contributed by atoms with Crippen LogP contribution in [0, 0.1) is 0 Å². The van der Waals surface area contributed by atoms with Crippen LogP contribution >= 0.6 is 15.9 Å². The number of aromatic nitrogens is 1. The van der Waals surface area contributed by atoms with Crippen LogP contribution < -0.4 is 10.6 Å². The van der Waals surface area contributed by atoms with E-state index >= 15 is 0 Å². The summed E-state index contributed by atoms with van der Waals surface area (Å²) in [4.78, 5) is 17.6. The van der Waals surface area contributed by atoms with Gasteiger partial charge in [-0.05, 0) is 30.3 Å². The first kappa shape index (κ1) is 12.6. The van der Waals surface area contributed by atoms with Crippen molar-refractivity contribution in [2.45, 2.75) is 0 Å². The predicted octanol–water partition coefficient (Wildman–Crippen LogP) is 2.70. The molecule has 0 fully saturated rings. The van der Waals surface area contributed by atoms with Crippen LogP contribution in [0.15, 0.2) is 47.2 Å². The van der Waals surface area contributed by atoms with Crippen molar-refractivity contribution in [2.75, 3.05) is 17.7 Å². The average molecular weight is 306 g/mol. The minimum Gasteiger partial charge on any atom is -0.397 e. The van der Waals surface area contributed by atoms with E-state index in [0.717, 1.165) is 4.47 Å². The van der Waals surface area contributed by atoms with E-state index in [1.54, 1.807) is 37.5 Å². The molecule has 4 nitrogen and oxygen atoms in total. The van der Waals surface area contributed by atoms with Crippen molar-refractivity contribution < 1.29 is 4.79 Å². The van der Waals surface area contributed by atoms with Crippen molar-refractivity contribution in [2.24, 2.45) is 0 Å². The van der Waals surface area contributed by atoms with E-state index < -0.39 is 0 Å². The molecular formula is C13H12BrN3O. The number of benzene rings is 1. The van der Waals surface area contributed by atoms with Crippen LogP contribution in [-0.4, -0.2) is 17.9 Å². The van der Waals surface area contributed by atoms with Crippen molar-refractivity contribution in [1.82, 2.24) is 4.98 Å². The molecule has 0 aliphatic heterocycles. The van der Waals surface area contributed by atoms with Gasteiger partial charge >= 0.3 is 0 Å². The Morgan fingerprint density at radius 2 is 2.17 bits per heavy atom. The molecule has 1 amide bonds. The minimum absolute atomic E-state index is 0.142. The van der Waals surface area contributed by atoms with E-state index in [1.165, 1.54) is 11.1 Å². The Morgan fingerprint density at radius 3 is 2.78 bits per heavy atom. The molecule has 18 heavy (non-hydrogen) atoms. The Balaban J connectivity index is 2.31. The summed E-state index contributed by atoms with van der Waals surface area (Å²) in [5.74, 6) is -0.142. The quantitative estimate of drug-likeness (QED) is 0.868. The van der Waals surface area contributed by atoms with Gasteiger partial charge < -0.3 is 10.6 Å². The number of anilines is 2. The van der Waals surface area contributed by atoms with Gasteiger partial charge in [0, 0.05) is 23.9 Å². The lowest BCUT2D eigenvalue weighted by atomic mass is 10.2. The number of nitrogens with zero attached hydrogens (tertiary/aromatic N) is 2. The molecule has 0 radical (unpaired) electrons. The number of rotatable bonds is 2. The summed E-state index contributed by atoms with van der Waals surface area (Å²) in [5, 5.41) is 0. The first-order valence-electron chi connectivity index (χ1n) is 5.32. The zero-order valence-corrected chi connectivity index (χ0v) is 11.4. The summed E-state index contributed by atoms with van der Waals surface area (Å²) in [5.41, 5.74) is 7.65. The van der Waals surface area contributed by atoms with Crippen LogP contribution in [0.4, 0.5) is 11.4 Å². The number of pyridine rings is 1. The van der Waals surface area contributed by atoms with Gasteiger partial charge in [-0.3, -0.25) is 9.78 Å². The molecular weight excluding hydrogens is 294 g/mol. The second kappa shape index (κ2) is 5.18. The first-order valence-corrected chi connectivity index (χ1v) is 6.12. The van der Waals surface area contributed by atoms with E-state index in [9.17, 15) is 4.79 Å². The third kappa shape index (κ3) is 2.51. The first-order chi connectivity index (χ1) is 8.59. The van der Waals surface area contributed by atoms with Gasteiger partial charge in [0.2, 0.25) is 0 Å². The summed E-state index contributed by atoms with van der Waals surface area (Å²) in [6.45, 7) is 0. The Hall–Kier alpha value is -1.88. The molecule has 0 saturated heterocycles. The van der Waals surface area contributed by atoms with Gasteiger partial charge in [-0.25, -0.2) is 0 Å². The van der Waals surface area contributed by atoms with Crippen molar-refractivity contribution in [3.8, 4) is 0 Å². The standard InChI is InChI=1S/C13H12BrN3O/c1-17(12-5-4-10(14)7-11(12)15)13(18)9-3-2-6-16-8-9/h2-8H,15H2,1H3. The van der Waals surface area contributed by atoms with E-state index in [2.05, 4.69) is 20.9 Å². The number of carbonyl (C=O) groups excluding carboxylic acids is 1. The van der Waals surface area contributed by atoms with E-state index in [-0.39, 0.29) is 5.91 Å². The van der Waals surface area contributed by atoms with Crippen LogP contribution in [0.2, 0.25) is 0 Å². The zero-order valence-electron chi connectivity index (χ0n) is 9.80. The Kier molecular flexibility index (Phi) is 3.62. The van der Waals surface area contributed by atoms with Gasteiger partial charge in [-0.15, -0.1) is 0 Å². The van der Waals surface area contributed by atoms with Gasteiger partial charge in [0.25, 0.3) is 5.91 Å². The molecule has 0 unspecified atom stereocenters. The molecule has 2 N–H and O–H groups in total. The number of halogens is 1. The molecule has 0 spiro atoms. The monoisotopic (exact) mass is 305 g/mol. The third-order valence-corrected chi connectivity index (χ3v) is 3.06. The second-order valence-electron chi connectivity index (χ2n) is 3.81. The fourth-order valence-electron chi connectivity index (χ4n) is 1.62. The number of hydrogen-bond acceptors (Lipinski definition) is 3. The number of nitrogen functional groups attached to an aromatic ring is 1. The topological polar surface area (TPSA) is 59.2 Å². The summed E-state index contributed by atoms with van der Waals surface area (Å²) in [6, 6.07) is 8.86. The fraction of sp³-hybridized carbons (Fsp3) is 0.0769. The largest absolute Gasteiger partial charge is 0.397 e.